The maximum Gasteiger partial charge on any atom is 0.226 e. The Morgan fingerprint density at radius 1 is 1.23 bits per heavy atom. The molecule has 1 aromatic rings. The number of benzene rings is 1. The highest BCUT2D eigenvalue weighted by Gasteiger charge is 2.35. The third kappa shape index (κ3) is 4.57. The standard InChI is InChI=1S/C19H30N2O/c1-19(2,3)14-21(13-15-8-5-4-6-9-15)18(22)17-11-7-10-16(17)12-20/h4-6,8-9,16-17H,7,10-14,20H2,1-3H3/t16-,17-/m1/s1. The van der Waals surface area contributed by atoms with Gasteiger partial charge in [-0.25, -0.2) is 0 Å². The number of hydrogen-bond acceptors (Lipinski definition) is 2. The van der Waals surface area contributed by atoms with Crippen molar-refractivity contribution in [2.24, 2.45) is 23.0 Å². The van der Waals surface area contributed by atoms with Gasteiger partial charge in [-0.2, -0.15) is 0 Å². The van der Waals surface area contributed by atoms with Gasteiger partial charge >= 0.3 is 0 Å². The Kier molecular flexibility index (Phi) is 5.63. The molecule has 1 saturated carbocycles. The number of amides is 1. The first-order valence-electron chi connectivity index (χ1n) is 8.43. The topological polar surface area (TPSA) is 46.3 Å². The highest BCUT2D eigenvalue weighted by atomic mass is 16.2. The van der Waals surface area contributed by atoms with Crippen LogP contribution >= 0.6 is 0 Å². The second-order valence-electron chi connectivity index (χ2n) is 7.77. The lowest BCUT2D eigenvalue weighted by molar-refractivity contribution is -0.138. The molecule has 2 atom stereocenters. The van der Waals surface area contributed by atoms with Gasteiger partial charge in [0, 0.05) is 19.0 Å². The Labute approximate surface area is 134 Å². The molecule has 122 valence electrons. The molecule has 1 aliphatic rings. The smallest absolute Gasteiger partial charge is 0.226 e. The molecule has 0 bridgehead atoms. The number of carbonyl (C=O) groups is 1. The van der Waals surface area contributed by atoms with Crippen molar-refractivity contribution in [1.29, 1.82) is 0 Å². The normalized spacial score (nSPS) is 21.8. The molecule has 1 aliphatic carbocycles. The number of nitrogens with zero attached hydrogens (tertiary/aromatic N) is 1. The zero-order chi connectivity index (χ0) is 16.2. The van der Waals surface area contributed by atoms with Crippen LogP contribution in [0.25, 0.3) is 0 Å². The molecule has 3 heteroatoms. The summed E-state index contributed by atoms with van der Waals surface area (Å²) >= 11 is 0. The van der Waals surface area contributed by atoms with Crippen molar-refractivity contribution in [1.82, 2.24) is 4.90 Å². The minimum absolute atomic E-state index is 0.0985. The fourth-order valence-electron chi connectivity index (χ4n) is 3.47. The number of hydrogen-bond donors (Lipinski definition) is 1. The van der Waals surface area contributed by atoms with Gasteiger partial charge in [0.25, 0.3) is 0 Å². The van der Waals surface area contributed by atoms with Crippen LogP contribution in [0.3, 0.4) is 0 Å². The van der Waals surface area contributed by atoms with Crippen LogP contribution in [0.5, 0.6) is 0 Å². The van der Waals surface area contributed by atoms with Gasteiger partial charge in [-0.3, -0.25) is 4.79 Å². The summed E-state index contributed by atoms with van der Waals surface area (Å²) in [4.78, 5) is 15.1. The number of carbonyl (C=O) groups excluding carboxylic acids is 1. The summed E-state index contributed by atoms with van der Waals surface area (Å²) in [6, 6.07) is 10.3. The van der Waals surface area contributed by atoms with Crippen LogP contribution in [0.2, 0.25) is 0 Å². The Morgan fingerprint density at radius 2 is 1.91 bits per heavy atom. The van der Waals surface area contributed by atoms with E-state index in [-0.39, 0.29) is 11.3 Å². The third-order valence-corrected chi connectivity index (χ3v) is 4.47. The molecule has 2 N–H and O–H groups in total. The molecular weight excluding hydrogens is 272 g/mol. The van der Waals surface area contributed by atoms with E-state index >= 15 is 0 Å². The minimum atomic E-state index is 0.0985. The maximum absolute atomic E-state index is 13.1. The van der Waals surface area contributed by atoms with E-state index in [1.807, 2.05) is 23.1 Å². The lowest BCUT2D eigenvalue weighted by Crippen LogP contribution is -2.42. The van der Waals surface area contributed by atoms with E-state index in [2.05, 4.69) is 32.9 Å². The predicted octanol–water partition coefficient (Wildman–Crippen LogP) is 3.44. The zero-order valence-corrected chi connectivity index (χ0v) is 14.2. The van der Waals surface area contributed by atoms with Crippen molar-refractivity contribution in [3.63, 3.8) is 0 Å². The second kappa shape index (κ2) is 7.28. The van der Waals surface area contributed by atoms with Gasteiger partial charge in [0.2, 0.25) is 5.91 Å². The van der Waals surface area contributed by atoms with E-state index in [0.29, 0.717) is 24.9 Å². The first kappa shape index (κ1) is 17.0. The maximum atomic E-state index is 13.1. The van der Waals surface area contributed by atoms with Gasteiger partial charge in [0.1, 0.15) is 0 Å². The van der Waals surface area contributed by atoms with Gasteiger partial charge in [-0.15, -0.1) is 0 Å². The lowest BCUT2D eigenvalue weighted by atomic mass is 9.91. The highest BCUT2D eigenvalue weighted by molar-refractivity contribution is 5.79. The van der Waals surface area contributed by atoms with E-state index in [1.54, 1.807) is 0 Å². The average molecular weight is 302 g/mol. The van der Waals surface area contributed by atoms with Gasteiger partial charge in [-0.05, 0) is 36.3 Å². The summed E-state index contributed by atoms with van der Waals surface area (Å²) in [5.74, 6) is 0.786. The molecular formula is C19H30N2O. The molecule has 1 aromatic carbocycles. The summed E-state index contributed by atoms with van der Waals surface area (Å²) < 4.78 is 0. The first-order chi connectivity index (χ1) is 10.4. The summed E-state index contributed by atoms with van der Waals surface area (Å²) in [6.07, 6.45) is 3.23. The molecule has 22 heavy (non-hydrogen) atoms. The molecule has 1 amide bonds. The summed E-state index contributed by atoms with van der Waals surface area (Å²) in [6.45, 7) is 8.68. The molecule has 0 aliphatic heterocycles. The molecule has 0 unspecified atom stereocenters. The van der Waals surface area contributed by atoms with Crippen molar-refractivity contribution < 1.29 is 4.79 Å². The third-order valence-electron chi connectivity index (χ3n) is 4.47. The van der Waals surface area contributed by atoms with E-state index in [1.165, 1.54) is 5.56 Å². The van der Waals surface area contributed by atoms with Crippen LogP contribution < -0.4 is 5.73 Å². The minimum Gasteiger partial charge on any atom is -0.338 e. The first-order valence-corrected chi connectivity index (χ1v) is 8.43. The van der Waals surface area contributed by atoms with Crippen LogP contribution in [-0.2, 0) is 11.3 Å². The zero-order valence-electron chi connectivity index (χ0n) is 14.2. The van der Waals surface area contributed by atoms with Crippen molar-refractivity contribution in [2.45, 2.75) is 46.6 Å². The Balaban J connectivity index is 2.14. The molecule has 2 rings (SSSR count). The van der Waals surface area contributed by atoms with Crippen molar-refractivity contribution in [2.75, 3.05) is 13.1 Å². The van der Waals surface area contributed by atoms with Gasteiger partial charge < -0.3 is 10.6 Å². The number of nitrogens with two attached hydrogens (primary N) is 1. The quantitative estimate of drug-likeness (QED) is 0.905. The SMILES string of the molecule is CC(C)(C)CN(Cc1ccccc1)C(=O)[C@@H]1CCC[C@@H]1CN. The van der Waals surface area contributed by atoms with E-state index < -0.39 is 0 Å². The highest BCUT2D eigenvalue weighted by Crippen LogP contribution is 2.33. The van der Waals surface area contributed by atoms with Crippen LogP contribution in [0.4, 0.5) is 0 Å². The lowest BCUT2D eigenvalue weighted by Gasteiger charge is -2.33. The van der Waals surface area contributed by atoms with Crippen LogP contribution in [0, 0.1) is 17.3 Å². The average Bonchev–Trinajstić information content (AvgIpc) is 2.94. The fourth-order valence-corrected chi connectivity index (χ4v) is 3.47. The molecule has 1 fully saturated rings. The van der Waals surface area contributed by atoms with E-state index in [4.69, 9.17) is 5.73 Å². The van der Waals surface area contributed by atoms with Gasteiger partial charge in [0.05, 0.1) is 0 Å². The molecule has 0 radical (unpaired) electrons. The summed E-state index contributed by atoms with van der Waals surface area (Å²) in [5.41, 5.74) is 7.17. The monoisotopic (exact) mass is 302 g/mol. The molecule has 0 heterocycles. The molecule has 0 saturated heterocycles. The van der Waals surface area contributed by atoms with Gasteiger partial charge in [0.15, 0.2) is 0 Å². The van der Waals surface area contributed by atoms with Crippen molar-refractivity contribution >= 4 is 5.91 Å². The molecule has 0 spiro atoms. The van der Waals surface area contributed by atoms with Crippen LogP contribution in [-0.4, -0.2) is 23.9 Å². The van der Waals surface area contributed by atoms with Gasteiger partial charge in [-0.1, -0.05) is 57.5 Å². The van der Waals surface area contributed by atoms with Crippen molar-refractivity contribution in [3.8, 4) is 0 Å². The number of rotatable bonds is 5. The van der Waals surface area contributed by atoms with Crippen LogP contribution in [0.15, 0.2) is 30.3 Å². The van der Waals surface area contributed by atoms with E-state index in [0.717, 1.165) is 25.8 Å². The second-order valence-corrected chi connectivity index (χ2v) is 7.77. The Hall–Kier alpha value is -1.35. The molecule has 0 aromatic heterocycles. The van der Waals surface area contributed by atoms with E-state index in [9.17, 15) is 4.79 Å². The Bertz CT molecular complexity index is 478. The predicted molar refractivity (Wildman–Crippen MR) is 91.2 cm³/mol. The van der Waals surface area contributed by atoms with Crippen LogP contribution in [0.1, 0.15) is 45.6 Å². The summed E-state index contributed by atoms with van der Waals surface area (Å²) in [5, 5.41) is 0. The Morgan fingerprint density at radius 3 is 2.50 bits per heavy atom. The largest absolute Gasteiger partial charge is 0.338 e. The van der Waals surface area contributed by atoms with Crippen molar-refractivity contribution in [3.05, 3.63) is 35.9 Å². The summed E-state index contributed by atoms with van der Waals surface area (Å²) in [7, 11) is 0. The fraction of sp³-hybridized carbons (Fsp3) is 0.632. The molecule has 3 nitrogen and oxygen atoms in total.